The van der Waals surface area contributed by atoms with Gasteiger partial charge < -0.3 is 11.1 Å². The molecule has 0 aliphatic heterocycles. The van der Waals surface area contributed by atoms with E-state index in [2.05, 4.69) is 21.4 Å². The molecule has 104 valence electrons. The Morgan fingerprint density at radius 1 is 1.50 bits per heavy atom. The minimum absolute atomic E-state index is 0.0916. The highest BCUT2D eigenvalue weighted by Gasteiger charge is 2.20. The van der Waals surface area contributed by atoms with Gasteiger partial charge in [-0.3, -0.25) is 4.79 Å². The molecule has 0 fully saturated rings. The van der Waals surface area contributed by atoms with Crippen LogP contribution < -0.4 is 11.1 Å². The first-order valence-electron chi connectivity index (χ1n) is 6.21. The molecule has 5 nitrogen and oxygen atoms in total. The van der Waals surface area contributed by atoms with Crippen LogP contribution in [-0.2, 0) is 0 Å². The minimum Gasteiger partial charge on any atom is -0.397 e. The zero-order chi connectivity index (χ0) is 14.9. The Kier molecular flexibility index (Phi) is 3.91. The highest BCUT2D eigenvalue weighted by atomic mass is 32.1. The zero-order valence-corrected chi connectivity index (χ0v) is 12.5. The molecule has 1 unspecified atom stereocenters. The molecule has 0 spiro atoms. The van der Waals surface area contributed by atoms with Crippen molar-refractivity contribution in [2.75, 3.05) is 5.73 Å². The largest absolute Gasteiger partial charge is 0.397 e. The number of rotatable bonds is 3. The summed E-state index contributed by atoms with van der Waals surface area (Å²) in [4.78, 5) is 13.4. The lowest BCUT2D eigenvalue weighted by Crippen LogP contribution is -2.32. The number of carbonyl (C=O) groups is 1. The average molecular weight is 288 g/mol. The summed E-state index contributed by atoms with van der Waals surface area (Å²) in [6.07, 6.45) is 5.71. The molecule has 0 saturated heterocycles. The number of thiophene rings is 1. The molecule has 6 heteroatoms. The van der Waals surface area contributed by atoms with Crippen LogP contribution in [0.15, 0.2) is 0 Å². The maximum Gasteiger partial charge on any atom is 0.263 e. The summed E-state index contributed by atoms with van der Waals surface area (Å²) >= 11 is 1.25. The second-order valence-electron chi connectivity index (χ2n) is 4.72. The Bertz CT molecular complexity index is 714. The van der Waals surface area contributed by atoms with Gasteiger partial charge in [0, 0.05) is 17.8 Å². The number of nitrogens with one attached hydrogen (secondary N) is 1. The van der Waals surface area contributed by atoms with Crippen LogP contribution in [0.3, 0.4) is 0 Å². The first-order valence-corrected chi connectivity index (χ1v) is 7.03. The standard InChI is InChI=1S/C14H16N4OS/c1-5-6-7(2)16-13(19)12-11(15)10-8(3)9(4)17-18-14(10)20-12/h1,7H,6,15H2,2-4H3,(H,16,19). The fraction of sp³-hybridized carbons (Fsp3) is 0.357. The van der Waals surface area contributed by atoms with E-state index in [0.717, 1.165) is 16.6 Å². The number of hydrogen-bond acceptors (Lipinski definition) is 5. The molecule has 0 aromatic carbocycles. The third-order valence-corrected chi connectivity index (χ3v) is 4.23. The summed E-state index contributed by atoms with van der Waals surface area (Å²) in [5, 5.41) is 11.8. The van der Waals surface area contributed by atoms with Crippen molar-refractivity contribution in [3.63, 3.8) is 0 Å². The molecule has 20 heavy (non-hydrogen) atoms. The van der Waals surface area contributed by atoms with E-state index >= 15 is 0 Å². The topological polar surface area (TPSA) is 80.9 Å². The van der Waals surface area contributed by atoms with E-state index in [1.165, 1.54) is 11.3 Å². The maximum absolute atomic E-state index is 12.2. The molecular weight excluding hydrogens is 272 g/mol. The Labute approximate surface area is 121 Å². The van der Waals surface area contributed by atoms with E-state index in [1.54, 1.807) is 0 Å². The van der Waals surface area contributed by atoms with Gasteiger partial charge in [0.05, 0.1) is 11.4 Å². The van der Waals surface area contributed by atoms with Crippen molar-refractivity contribution in [1.82, 2.24) is 15.5 Å². The van der Waals surface area contributed by atoms with Crippen LogP contribution in [0.1, 0.15) is 34.3 Å². The predicted octanol–water partition coefficient (Wildman–Crippen LogP) is 2.03. The summed E-state index contributed by atoms with van der Waals surface area (Å²) in [5.74, 6) is 2.30. The van der Waals surface area contributed by atoms with Gasteiger partial charge >= 0.3 is 0 Å². The maximum atomic E-state index is 12.2. The van der Waals surface area contributed by atoms with E-state index in [1.807, 2.05) is 20.8 Å². The van der Waals surface area contributed by atoms with Gasteiger partial charge in [-0.25, -0.2) is 0 Å². The second kappa shape index (κ2) is 5.47. The number of terminal acetylenes is 1. The minimum atomic E-state index is -0.217. The van der Waals surface area contributed by atoms with E-state index in [4.69, 9.17) is 12.2 Å². The molecule has 2 aromatic rings. The summed E-state index contributed by atoms with van der Waals surface area (Å²) in [7, 11) is 0. The molecule has 2 rings (SSSR count). The lowest BCUT2D eigenvalue weighted by molar-refractivity contribution is 0.0946. The quantitative estimate of drug-likeness (QED) is 0.847. The van der Waals surface area contributed by atoms with Crippen molar-refractivity contribution in [1.29, 1.82) is 0 Å². The van der Waals surface area contributed by atoms with Crippen LogP contribution in [0.2, 0.25) is 0 Å². The summed E-state index contributed by atoms with van der Waals surface area (Å²) in [6, 6.07) is -0.0916. The number of nitrogens with two attached hydrogens (primary N) is 1. The smallest absolute Gasteiger partial charge is 0.263 e. The number of aryl methyl sites for hydroxylation is 2. The first kappa shape index (κ1) is 14.3. The molecule has 0 saturated carbocycles. The highest BCUT2D eigenvalue weighted by Crippen LogP contribution is 2.34. The highest BCUT2D eigenvalue weighted by molar-refractivity contribution is 7.21. The Balaban J connectivity index is 2.41. The summed E-state index contributed by atoms with van der Waals surface area (Å²) in [5.41, 5.74) is 8.34. The number of anilines is 1. The van der Waals surface area contributed by atoms with E-state index < -0.39 is 0 Å². The predicted molar refractivity (Wildman–Crippen MR) is 81.7 cm³/mol. The SMILES string of the molecule is C#CCC(C)NC(=O)c1sc2nnc(C)c(C)c2c1N. The second-order valence-corrected chi connectivity index (χ2v) is 5.72. The summed E-state index contributed by atoms with van der Waals surface area (Å²) < 4.78 is 0. The van der Waals surface area contributed by atoms with Crippen molar-refractivity contribution >= 4 is 33.1 Å². The zero-order valence-electron chi connectivity index (χ0n) is 11.7. The van der Waals surface area contributed by atoms with Gasteiger partial charge in [0.2, 0.25) is 0 Å². The number of aromatic nitrogens is 2. The van der Waals surface area contributed by atoms with Crippen molar-refractivity contribution < 1.29 is 4.79 Å². The van der Waals surface area contributed by atoms with Crippen molar-refractivity contribution in [3.8, 4) is 12.3 Å². The van der Waals surface area contributed by atoms with Crippen LogP contribution in [0.5, 0.6) is 0 Å². The van der Waals surface area contributed by atoms with E-state index in [-0.39, 0.29) is 11.9 Å². The Morgan fingerprint density at radius 2 is 2.20 bits per heavy atom. The molecular formula is C14H16N4OS. The van der Waals surface area contributed by atoms with E-state index in [0.29, 0.717) is 21.8 Å². The van der Waals surface area contributed by atoms with Crippen LogP contribution >= 0.6 is 11.3 Å². The molecule has 0 radical (unpaired) electrons. The molecule has 0 aliphatic carbocycles. The fourth-order valence-electron chi connectivity index (χ4n) is 1.93. The molecule has 3 N–H and O–H groups in total. The normalized spacial score (nSPS) is 12.1. The van der Waals surface area contributed by atoms with Gasteiger partial charge in [-0.15, -0.1) is 28.8 Å². The van der Waals surface area contributed by atoms with E-state index in [9.17, 15) is 4.79 Å². The molecule has 2 heterocycles. The van der Waals surface area contributed by atoms with Crippen LogP contribution in [-0.4, -0.2) is 22.1 Å². The van der Waals surface area contributed by atoms with Gasteiger partial charge in [0.25, 0.3) is 5.91 Å². The average Bonchev–Trinajstić information content (AvgIpc) is 2.72. The van der Waals surface area contributed by atoms with Gasteiger partial charge in [-0.2, -0.15) is 5.10 Å². The third kappa shape index (κ3) is 2.45. The number of nitrogen functional groups attached to an aromatic ring is 1. The molecule has 2 aromatic heterocycles. The number of amides is 1. The van der Waals surface area contributed by atoms with Crippen LogP contribution in [0, 0.1) is 26.2 Å². The monoisotopic (exact) mass is 288 g/mol. The lowest BCUT2D eigenvalue weighted by atomic mass is 10.1. The van der Waals surface area contributed by atoms with Crippen molar-refractivity contribution in [2.45, 2.75) is 33.2 Å². The lowest BCUT2D eigenvalue weighted by Gasteiger charge is -2.10. The van der Waals surface area contributed by atoms with Crippen molar-refractivity contribution in [2.24, 2.45) is 0 Å². The summed E-state index contributed by atoms with van der Waals surface area (Å²) in [6.45, 7) is 5.65. The Morgan fingerprint density at radius 3 is 2.85 bits per heavy atom. The Hall–Kier alpha value is -2.13. The van der Waals surface area contributed by atoms with Crippen molar-refractivity contribution in [3.05, 3.63) is 16.1 Å². The van der Waals surface area contributed by atoms with Gasteiger partial charge in [-0.05, 0) is 26.3 Å². The number of carbonyl (C=O) groups excluding carboxylic acids is 1. The van der Waals surface area contributed by atoms with Gasteiger partial charge in [0.1, 0.15) is 9.71 Å². The molecule has 0 aliphatic rings. The van der Waals surface area contributed by atoms with Crippen LogP contribution in [0.25, 0.3) is 10.2 Å². The van der Waals surface area contributed by atoms with Gasteiger partial charge in [-0.1, -0.05) is 0 Å². The number of hydrogen-bond donors (Lipinski definition) is 2. The first-order chi connectivity index (χ1) is 9.45. The molecule has 1 amide bonds. The van der Waals surface area contributed by atoms with Crippen LogP contribution in [0.4, 0.5) is 5.69 Å². The number of nitrogens with zero attached hydrogens (tertiary/aromatic N) is 2. The molecule has 0 bridgehead atoms. The number of fused-ring (bicyclic) bond motifs is 1. The van der Waals surface area contributed by atoms with Gasteiger partial charge in [0.15, 0.2) is 0 Å². The fourth-order valence-corrected chi connectivity index (χ4v) is 2.93. The third-order valence-electron chi connectivity index (χ3n) is 3.14. The molecule has 1 atom stereocenters.